The largest absolute Gasteiger partial charge is 0.479 e. The summed E-state index contributed by atoms with van der Waals surface area (Å²) < 4.78 is 28.3. The number of aliphatic carboxylic acids is 1. The molecule has 12 nitrogen and oxygen atoms in total. The van der Waals surface area contributed by atoms with Gasteiger partial charge in [-0.25, -0.2) is 4.79 Å². The first-order valence-corrected chi connectivity index (χ1v) is 27.6. The highest BCUT2D eigenvalue weighted by molar-refractivity contribution is 5.74. The molecule has 71 heavy (non-hydrogen) atoms. The van der Waals surface area contributed by atoms with Crippen molar-refractivity contribution in [2.24, 2.45) is 0 Å². The van der Waals surface area contributed by atoms with Gasteiger partial charge in [0.2, 0.25) is 0 Å². The predicted molar refractivity (Wildman–Crippen MR) is 284 cm³/mol. The van der Waals surface area contributed by atoms with Crippen LogP contribution in [-0.4, -0.2) is 89.2 Å². The molecule has 0 saturated carbocycles. The third-order valence-corrected chi connectivity index (χ3v) is 11.9. The Morgan fingerprint density at radius 3 is 1.38 bits per heavy atom. The van der Waals surface area contributed by atoms with Gasteiger partial charge in [0.15, 0.2) is 24.6 Å². The van der Waals surface area contributed by atoms with Crippen LogP contribution in [0.1, 0.15) is 213 Å². The standard InChI is InChI=1S/C59H96O12/c1-4-7-10-13-16-19-22-24-25-26-27-29-32-35-38-41-44-47-53(62)70-57-55(64)54(63)56(58(65)66)71-59(57)68-49-50(69-52(61)46-43-40-37-34-30-21-18-15-12-9-6-3)48-67-51(60)45-42-39-36-33-31-28-23-20-17-14-11-8-5-2/h7-8,10-11,15-20,24-25,28,31,50,54-57,59,63-64H,4-6,9,12-14,21-23,26-27,29-30,32-49H2,1-3H3,(H,65,66)/b10-7-,11-8-,18-15-,19-16-,20-17-,25-24-,31-28-. The molecule has 0 aromatic heterocycles. The lowest BCUT2D eigenvalue weighted by Crippen LogP contribution is -2.61. The monoisotopic (exact) mass is 997 g/mol. The van der Waals surface area contributed by atoms with Crippen molar-refractivity contribution in [3.63, 3.8) is 0 Å². The molecule has 6 unspecified atom stereocenters. The molecule has 0 spiro atoms. The SMILES string of the molecule is CC/C=C\C/C=C\C/C=C\CCCCCCCCCC(=O)OC1C(OCC(COC(=O)CCCCC/C=C\C/C=C\C/C=C\CC)OC(=O)CCCCCCC/C=C\CCCC)OC(C(=O)O)C(O)C1O. The number of carbonyl (C=O) groups is 4. The molecule has 1 saturated heterocycles. The van der Waals surface area contributed by atoms with E-state index in [2.05, 4.69) is 106 Å². The number of rotatable bonds is 45. The average Bonchev–Trinajstić information content (AvgIpc) is 3.35. The molecule has 1 aliphatic rings. The number of carboxylic acid groups (broad SMARTS) is 1. The fraction of sp³-hybridized carbons (Fsp3) is 0.695. The first-order chi connectivity index (χ1) is 34.6. The minimum Gasteiger partial charge on any atom is -0.479 e. The third kappa shape index (κ3) is 37.3. The maximum Gasteiger partial charge on any atom is 0.335 e. The van der Waals surface area contributed by atoms with E-state index in [1.807, 2.05) is 0 Å². The Labute approximate surface area is 429 Å². The number of esters is 3. The van der Waals surface area contributed by atoms with E-state index in [-0.39, 0.29) is 25.9 Å². The van der Waals surface area contributed by atoms with Crippen molar-refractivity contribution in [1.82, 2.24) is 0 Å². The fourth-order valence-electron chi connectivity index (χ4n) is 7.73. The number of aliphatic hydroxyl groups is 2. The van der Waals surface area contributed by atoms with Crippen LogP contribution in [-0.2, 0) is 42.9 Å². The van der Waals surface area contributed by atoms with Crippen molar-refractivity contribution in [3.05, 3.63) is 85.1 Å². The van der Waals surface area contributed by atoms with Crippen LogP contribution in [0.5, 0.6) is 0 Å². The smallest absolute Gasteiger partial charge is 0.335 e. The molecule has 0 radical (unpaired) electrons. The number of ether oxygens (including phenoxy) is 5. The van der Waals surface area contributed by atoms with E-state index in [1.54, 1.807) is 0 Å². The van der Waals surface area contributed by atoms with Gasteiger partial charge >= 0.3 is 23.9 Å². The van der Waals surface area contributed by atoms with Crippen molar-refractivity contribution in [2.75, 3.05) is 13.2 Å². The van der Waals surface area contributed by atoms with E-state index < -0.39 is 67.3 Å². The highest BCUT2D eigenvalue weighted by Crippen LogP contribution is 2.26. The van der Waals surface area contributed by atoms with Gasteiger partial charge in [-0.15, -0.1) is 0 Å². The lowest BCUT2D eigenvalue weighted by atomic mass is 9.98. The Kier molecular flexibility index (Phi) is 42.9. The van der Waals surface area contributed by atoms with Crippen LogP contribution in [0, 0.1) is 0 Å². The number of carbonyl (C=O) groups excluding carboxylic acids is 3. The van der Waals surface area contributed by atoms with E-state index >= 15 is 0 Å². The molecule has 404 valence electrons. The van der Waals surface area contributed by atoms with Crippen LogP contribution in [0.25, 0.3) is 0 Å². The molecule has 6 atom stereocenters. The van der Waals surface area contributed by atoms with Crippen LogP contribution in [0.3, 0.4) is 0 Å². The first kappa shape index (κ1) is 64.9. The van der Waals surface area contributed by atoms with Gasteiger partial charge in [-0.3, -0.25) is 14.4 Å². The number of carboxylic acids is 1. The summed E-state index contributed by atoms with van der Waals surface area (Å²) in [5.41, 5.74) is 0. The van der Waals surface area contributed by atoms with E-state index in [4.69, 9.17) is 23.7 Å². The lowest BCUT2D eigenvalue weighted by molar-refractivity contribution is -0.301. The molecular formula is C59H96O12. The average molecular weight is 997 g/mol. The van der Waals surface area contributed by atoms with Crippen LogP contribution in [0.2, 0.25) is 0 Å². The zero-order valence-electron chi connectivity index (χ0n) is 44.2. The molecule has 12 heteroatoms. The number of hydrogen-bond donors (Lipinski definition) is 3. The molecule has 1 fully saturated rings. The van der Waals surface area contributed by atoms with Crippen LogP contribution < -0.4 is 0 Å². The van der Waals surface area contributed by atoms with Crippen molar-refractivity contribution in [1.29, 1.82) is 0 Å². The number of unbranched alkanes of at least 4 members (excludes halogenated alkanes) is 17. The molecule has 0 aromatic carbocycles. The first-order valence-electron chi connectivity index (χ1n) is 27.6. The van der Waals surface area contributed by atoms with Crippen LogP contribution in [0.15, 0.2) is 85.1 Å². The summed E-state index contributed by atoms with van der Waals surface area (Å²) in [7, 11) is 0. The summed E-state index contributed by atoms with van der Waals surface area (Å²) in [5.74, 6) is -3.19. The molecule has 0 aromatic rings. The van der Waals surface area contributed by atoms with Gasteiger partial charge in [-0.05, 0) is 103 Å². The molecular weight excluding hydrogens is 901 g/mol. The van der Waals surface area contributed by atoms with Crippen molar-refractivity contribution >= 4 is 23.9 Å². The Bertz CT molecular complexity index is 1560. The summed E-state index contributed by atoms with van der Waals surface area (Å²) >= 11 is 0. The summed E-state index contributed by atoms with van der Waals surface area (Å²) in [6.07, 6.45) is 47.1. The minimum atomic E-state index is -1.91. The molecule has 3 N–H and O–H groups in total. The second-order valence-electron chi connectivity index (χ2n) is 18.4. The van der Waals surface area contributed by atoms with Gasteiger partial charge in [-0.2, -0.15) is 0 Å². The minimum absolute atomic E-state index is 0.0422. The van der Waals surface area contributed by atoms with Gasteiger partial charge in [0, 0.05) is 19.3 Å². The van der Waals surface area contributed by atoms with Crippen LogP contribution >= 0.6 is 0 Å². The van der Waals surface area contributed by atoms with Gasteiger partial charge < -0.3 is 39.0 Å². The number of hydrogen-bond acceptors (Lipinski definition) is 11. The highest BCUT2D eigenvalue weighted by atomic mass is 16.7. The van der Waals surface area contributed by atoms with Crippen molar-refractivity contribution in [3.8, 4) is 0 Å². The summed E-state index contributed by atoms with van der Waals surface area (Å²) in [6.45, 7) is 5.67. The Balaban J connectivity index is 2.72. The van der Waals surface area contributed by atoms with Gasteiger partial charge in [0.1, 0.15) is 18.8 Å². The fourth-order valence-corrected chi connectivity index (χ4v) is 7.73. The topological polar surface area (TPSA) is 175 Å². The highest BCUT2D eigenvalue weighted by Gasteiger charge is 2.50. The van der Waals surface area contributed by atoms with E-state index in [0.717, 1.165) is 141 Å². The summed E-state index contributed by atoms with van der Waals surface area (Å²) in [5, 5.41) is 31.4. The maximum atomic E-state index is 13.1. The molecule has 0 amide bonds. The van der Waals surface area contributed by atoms with Crippen LogP contribution in [0.4, 0.5) is 0 Å². The summed E-state index contributed by atoms with van der Waals surface area (Å²) in [6, 6.07) is 0. The second-order valence-corrected chi connectivity index (χ2v) is 18.4. The Morgan fingerprint density at radius 1 is 0.479 bits per heavy atom. The molecule has 1 rings (SSSR count). The Hall–Kier alpha value is -4.10. The zero-order chi connectivity index (χ0) is 51.8. The molecule has 1 heterocycles. The summed E-state index contributed by atoms with van der Waals surface area (Å²) in [4.78, 5) is 50.9. The lowest BCUT2D eigenvalue weighted by Gasteiger charge is -2.40. The molecule has 1 aliphatic heterocycles. The van der Waals surface area contributed by atoms with E-state index in [9.17, 15) is 34.5 Å². The predicted octanol–water partition coefficient (Wildman–Crippen LogP) is 13.6. The van der Waals surface area contributed by atoms with Crippen molar-refractivity contribution in [2.45, 2.75) is 250 Å². The molecule has 0 aliphatic carbocycles. The van der Waals surface area contributed by atoms with Gasteiger partial charge in [-0.1, -0.05) is 176 Å². The number of allylic oxidation sites excluding steroid dienone is 14. The quantitative estimate of drug-likeness (QED) is 0.0228. The maximum absolute atomic E-state index is 13.1. The third-order valence-electron chi connectivity index (χ3n) is 11.9. The number of aliphatic hydroxyl groups excluding tert-OH is 2. The zero-order valence-corrected chi connectivity index (χ0v) is 44.2. The second kappa shape index (κ2) is 46.9. The van der Waals surface area contributed by atoms with Crippen molar-refractivity contribution < 1.29 is 58.2 Å². The van der Waals surface area contributed by atoms with Gasteiger partial charge in [0.25, 0.3) is 0 Å². The van der Waals surface area contributed by atoms with E-state index in [0.29, 0.717) is 19.3 Å². The normalized spacial score (nSPS) is 19.1. The Morgan fingerprint density at radius 2 is 0.887 bits per heavy atom. The molecule has 0 bridgehead atoms. The van der Waals surface area contributed by atoms with E-state index in [1.165, 1.54) is 12.8 Å². The van der Waals surface area contributed by atoms with Gasteiger partial charge in [0.05, 0.1) is 6.61 Å².